The van der Waals surface area contributed by atoms with E-state index in [2.05, 4.69) is 18.3 Å². The minimum absolute atomic E-state index is 0.543. The van der Waals surface area contributed by atoms with Gasteiger partial charge in [-0.1, -0.05) is 18.5 Å². The van der Waals surface area contributed by atoms with E-state index in [0.717, 1.165) is 16.8 Å². The molecule has 1 saturated heterocycles. The maximum Gasteiger partial charge on any atom is 0.0931 e. The molecule has 0 aromatic carbocycles. The first kappa shape index (κ1) is 9.50. The Labute approximate surface area is 88.1 Å². The molecule has 1 aromatic rings. The van der Waals surface area contributed by atoms with Crippen molar-refractivity contribution in [2.24, 2.45) is 5.92 Å². The standard InChI is InChI=1S/C10H14ClNS/c1-7-4-5-12-8(6-7)9-2-3-10(11)13-9/h2-3,7-8,12H,4-6H2,1H3. The van der Waals surface area contributed by atoms with E-state index in [9.17, 15) is 0 Å². The summed E-state index contributed by atoms with van der Waals surface area (Å²) in [6, 6.07) is 4.67. The fourth-order valence-electron chi connectivity index (χ4n) is 1.84. The topological polar surface area (TPSA) is 12.0 Å². The second-order valence-corrected chi connectivity index (χ2v) is 5.52. The summed E-state index contributed by atoms with van der Waals surface area (Å²) in [4.78, 5) is 1.39. The predicted molar refractivity (Wildman–Crippen MR) is 58.5 cm³/mol. The van der Waals surface area contributed by atoms with Gasteiger partial charge < -0.3 is 5.32 Å². The summed E-state index contributed by atoms with van der Waals surface area (Å²) in [6.45, 7) is 3.46. The SMILES string of the molecule is CC1CCNC(c2ccc(Cl)s2)C1. The van der Waals surface area contributed by atoms with Crippen molar-refractivity contribution in [3.8, 4) is 0 Å². The lowest BCUT2D eigenvalue weighted by Crippen LogP contribution is -2.30. The van der Waals surface area contributed by atoms with Gasteiger partial charge in [-0.3, -0.25) is 0 Å². The Bertz CT molecular complexity index is 284. The van der Waals surface area contributed by atoms with Crippen molar-refractivity contribution in [2.45, 2.75) is 25.8 Å². The second-order valence-electron chi connectivity index (χ2n) is 3.78. The van der Waals surface area contributed by atoms with Gasteiger partial charge in [0.05, 0.1) is 4.34 Å². The lowest BCUT2D eigenvalue weighted by molar-refractivity contribution is 0.328. The van der Waals surface area contributed by atoms with E-state index < -0.39 is 0 Å². The van der Waals surface area contributed by atoms with E-state index in [1.807, 2.05) is 6.07 Å². The quantitative estimate of drug-likeness (QED) is 0.757. The van der Waals surface area contributed by atoms with Crippen molar-refractivity contribution in [2.75, 3.05) is 6.54 Å². The molecule has 2 rings (SSSR count). The summed E-state index contributed by atoms with van der Waals surface area (Å²) in [5.41, 5.74) is 0. The predicted octanol–water partition coefficient (Wildman–Crippen LogP) is 3.46. The van der Waals surface area contributed by atoms with E-state index in [1.165, 1.54) is 17.7 Å². The van der Waals surface area contributed by atoms with Gasteiger partial charge in [0.15, 0.2) is 0 Å². The molecule has 1 aliphatic rings. The van der Waals surface area contributed by atoms with Crippen molar-refractivity contribution in [3.05, 3.63) is 21.3 Å². The van der Waals surface area contributed by atoms with Gasteiger partial charge in [-0.05, 0) is 37.4 Å². The van der Waals surface area contributed by atoms with Crippen molar-refractivity contribution < 1.29 is 0 Å². The Morgan fingerprint density at radius 2 is 2.38 bits per heavy atom. The van der Waals surface area contributed by atoms with Crippen molar-refractivity contribution >= 4 is 22.9 Å². The van der Waals surface area contributed by atoms with Crippen molar-refractivity contribution in [3.63, 3.8) is 0 Å². The number of rotatable bonds is 1. The van der Waals surface area contributed by atoms with Gasteiger partial charge in [-0.25, -0.2) is 0 Å². The Balaban J connectivity index is 2.08. The molecular formula is C10H14ClNS. The summed E-state index contributed by atoms with van der Waals surface area (Å²) < 4.78 is 0.898. The highest BCUT2D eigenvalue weighted by Gasteiger charge is 2.20. The molecule has 1 aliphatic heterocycles. The van der Waals surface area contributed by atoms with Crippen LogP contribution in [0.1, 0.15) is 30.7 Å². The van der Waals surface area contributed by atoms with Gasteiger partial charge in [0, 0.05) is 10.9 Å². The van der Waals surface area contributed by atoms with Gasteiger partial charge >= 0.3 is 0 Å². The average molecular weight is 216 g/mol. The molecule has 1 aromatic heterocycles. The van der Waals surface area contributed by atoms with Gasteiger partial charge in [0.1, 0.15) is 0 Å². The molecule has 1 nitrogen and oxygen atoms in total. The van der Waals surface area contributed by atoms with Crippen molar-refractivity contribution in [1.82, 2.24) is 5.32 Å². The average Bonchev–Trinajstić information content (AvgIpc) is 2.52. The van der Waals surface area contributed by atoms with Crippen LogP contribution < -0.4 is 5.32 Å². The molecule has 0 saturated carbocycles. The zero-order chi connectivity index (χ0) is 9.26. The summed E-state index contributed by atoms with van der Waals surface area (Å²) in [5.74, 6) is 0.840. The first-order chi connectivity index (χ1) is 6.25. The van der Waals surface area contributed by atoms with Gasteiger partial charge in [-0.2, -0.15) is 0 Å². The van der Waals surface area contributed by atoms with Crippen LogP contribution in [-0.4, -0.2) is 6.54 Å². The molecule has 2 heterocycles. The molecule has 0 bridgehead atoms. The molecule has 0 radical (unpaired) electrons. The minimum atomic E-state index is 0.543. The molecule has 1 N–H and O–H groups in total. The fourth-order valence-corrected chi connectivity index (χ4v) is 2.99. The first-order valence-corrected chi connectivity index (χ1v) is 5.94. The summed E-state index contributed by atoms with van der Waals surface area (Å²) in [6.07, 6.45) is 2.55. The molecule has 3 heteroatoms. The van der Waals surface area contributed by atoms with Crippen LogP contribution in [-0.2, 0) is 0 Å². The second kappa shape index (κ2) is 3.99. The molecule has 2 unspecified atom stereocenters. The Morgan fingerprint density at radius 3 is 3.00 bits per heavy atom. The van der Waals surface area contributed by atoms with E-state index in [0.29, 0.717) is 6.04 Å². The van der Waals surface area contributed by atoms with E-state index in [1.54, 1.807) is 11.3 Å². The highest BCUT2D eigenvalue weighted by molar-refractivity contribution is 7.16. The molecule has 13 heavy (non-hydrogen) atoms. The molecule has 0 aliphatic carbocycles. The minimum Gasteiger partial charge on any atom is -0.309 e. The van der Waals surface area contributed by atoms with E-state index in [-0.39, 0.29) is 0 Å². The van der Waals surface area contributed by atoms with Crippen LogP contribution in [0.15, 0.2) is 12.1 Å². The van der Waals surface area contributed by atoms with Crippen molar-refractivity contribution in [1.29, 1.82) is 0 Å². The van der Waals surface area contributed by atoms with E-state index in [4.69, 9.17) is 11.6 Å². The molecule has 2 atom stereocenters. The molecule has 1 fully saturated rings. The lowest BCUT2D eigenvalue weighted by atomic mass is 9.94. The molecule has 0 amide bonds. The number of piperidine rings is 1. The Morgan fingerprint density at radius 1 is 1.54 bits per heavy atom. The summed E-state index contributed by atoms with van der Waals surface area (Å²) in [5, 5.41) is 3.53. The monoisotopic (exact) mass is 215 g/mol. The van der Waals surface area contributed by atoms with Crippen LogP contribution in [0.4, 0.5) is 0 Å². The Kier molecular flexibility index (Phi) is 2.92. The van der Waals surface area contributed by atoms with Gasteiger partial charge in [0.25, 0.3) is 0 Å². The largest absolute Gasteiger partial charge is 0.309 e. The maximum absolute atomic E-state index is 5.91. The lowest BCUT2D eigenvalue weighted by Gasteiger charge is -2.27. The number of hydrogen-bond donors (Lipinski definition) is 1. The molecule has 0 spiro atoms. The van der Waals surface area contributed by atoms with Crippen LogP contribution in [0.5, 0.6) is 0 Å². The number of hydrogen-bond acceptors (Lipinski definition) is 2. The third-order valence-electron chi connectivity index (χ3n) is 2.60. The zero-order valence-corrected chi connectivity index (χ0v) is 9.29. The van der Waals surface area contributed by atoms with Crippen LogP contribution in [0.3, 0.4) is 0 Å². The van der Waals surface area contributed by atoms with E-state index >= 15 is 0 Å². The number of nitrogens with one attached hydrogen (secondary N) is 1. The van der Waals surface area contributed by atoms with Crippen LogP contribution >= 0.6 is 22.9 Å². The first-order valence-electron chi connectivity index (χ1n) is 4.74. The zero-order valence-electron chi connectivity index (χ0n) is 7.72. The van der Waals surface area contributed by atoms with Gasteiger partial charge in [0.2, 0.25) is 0 Å². The summed E-state index contributed by atoms with van der Waals surface area (Å²) >= 11 is 7.61. The third kappa shape index (κ3) is 2.25. The summed E-state index contributed by atoms with van der Waals surface area (Å²) in [7, 11) is 0. The maximum atomic E-state index is 5.91. The van der Waals surface area contributed by atoms with Crippen LogP contribution in [0.25, 0.3) is 0 Å². The molecule has 72 valence electrons. The Hall–Kier alpha value is -0.0500. The van der Waals surface area contributed by atoms with Crippen LogP contribution in [0, 0.1) is 5.92 Å². The van der Waals surface area contributed by atoms with Gasteiger partial charge in [-0.15, -0.1) is 11.3 Å². The number of thiophene rings is 1. The third-order valence-corrected chi connectivity index (χ3v) is 3.95. The fraction of sp³-hybridized carbons (Fsp3) is 0.600. The van der Waals surface area contributed by atoms with Crippen LogP contribution in [0.2, 0.25) is 4.34 Å². The highest BCUT2D eigenvalue weighted by atomic mass is 35.5. The normalized spacial score (nSPS) is 29.1. The smallest absolute Gasteiger partial charge is 0.0931 e. The highest BCUT2D eigenvalue weighted by Crippen LogP contribution is 2.32. The number of halogens is 1. The molecular weight excluding hydrogens is 202 g/mol.